The number of hydrogen-bond donors (Lipinski definition) is 3. The second kappa shape index (κ2) is 9.63. The van der Waals surface area contributed by atoms with Gasteiger partial charge in [0.15, 0.2) is 5.96 Å². The highest BCUT2D eigenvalue weighted by Gasteiger charge is 2.12. The van der Waals surface area contributed by atoms with E-state index in [9.17, 15) is 5.11 Å². The van der Waals surface area contributed by atoms with E-state index in [-0.39, 0.29) is 24.0 Å². The van der Waals surface area contributed by atoms with Crippen LogP contribution < -0.4 is 10.6 Å². The molecule has 2 aromatic heterocycles. The Balaban J connectivity index is 0.00000243. The number of hydrogen-bond acceptors (Lipinski definition) is 4. The van der Waals surface area contributed by atoms with Crippen LogP contribution >= 0.6 is 24.0 Å². The molecule has 140 valence electrons. The van der Waals surface area contributed by atoms with Crippen molar-refractivity contribution < 1.29 is 13.9 Å². The molecule has 0 aliphatic rings. The number of nitrogens with one attached hydrogen (secondary N) is 2. The minimum absolute atomic E-state index is 0. The summed E-state index contributed by atoms with van der Waals surface area (Å²) in [6.07, 6.45) is 0.814. The molecule has 1 atom stereocenters. The molecule has 26 heavy (non-hydrogen) atoms. The van der Waals surface area contributed by atoms with E-state index in [1.807, 2.05) is 38.1 Å². The SMILES string of the molecule is CCNC(=NCc1oc2ccccc2c1C)NCC(O)c1ccco1.I. The number of aliphatic hydroxyl groups excluding tert-OH is 1. The molecule has 3 N–H and O–H groups in total. The maximum Gasteiger partial charge on any atom is 0.191 e. The van der Waals surface area contributed by atoms with Crippen LogP contribution in [0.4, 0.5) is 0 Å². The number of fused-ring (bicyclic) bond motifs is 1. The number of aliphatic imine (C=N–C) groups is 1. The molecule has 1 aromatic carbocycles. The van der Waals surface area contributed by atoms with Crippen molar-refractivity contribution in [3.63, 3.8) is 0 Å². The van der Waals surface area contributed by atoms with E-state index in [1.54, 1.807) is 18.4 Å². The summed E-state index contributed by atoms with van der Waals surface area (Å²) in [5.41, 5.74) is 1.97. The molecule has 1 unspecified atom stereocenters. The summed E-state index contributed by atoms with van der Waals surface area (Å²) in [6, 6.07) is 11.5. The lowest BCUT2D eigenvalue weighted by molar-refractivity contribution is 0.153. The minimum atomic E-state index is -0.730. The number of benzene rings is 1. The Hall–Kier alpha value is -2.00. The Morgan fingerprint density at radius 1 is 1.19 bits per heavy atom. The van der Waals surface area contributed by atoms with Crippen molar-refractivity contribution in [2.75, 3.05) is 13.1 Å². The fraction of sp³-hybridized carbons (Fsp3) is 0.316. The molecule has 6 nitrogen and oxygen atoms in total. The highest BCUT2D eigenvalue weighted by molar-refractivity contribution is 14.0. The van der Waals surface area contributed by atoms with Gasteiger partial charge in [0.1, 0.15) is 29.8 Å². The third kappa shape index (κ3) is 4.79. The number of halogens is 1. The first-order valence-corrected chi connectivity index (χ1v) is 8.39. The number of nitrogens with zero attached hydrogens (tertiary/aromatic N) is 1. The van der Waals surface area contributed by atoms with E-state index in [1.165, 1.54) is 0 Å². The van der Waals surface area contributed by atoms with Crippen molar-refractivity contribution in [3.8, 4) is 0 Å². The molecule has 0 amide bonds. The summed E-state index contributed by atoms with van der Waals surface area (Å²) in [5, 5.41) is 17.5. The lowest BCUT2D eigenvalue weighted by atomic mass is 10.1. The average Bonchev–Trinajstić information content (AvgIpc) is 3.26. The van der Waals surface area contributed by atoms with E-state index in [4.69, 9.17) is 8.83 Å². The zero-order chi connectivity index (χ0) is 17.6. The van der Waals surface area contributed by atoms with Crippen LogP contribution in [0.15, 0.2) is 56.5 Å². The minimum Gasteiger partial charge on any atom is -0.467 e. The van der Waals surface area contributed by atoms with Gasteiger partial charge in [0.05, 0.1) is 12.8 Å². The number of aliphatic hydroxyl groups is 1. The molecule has 3 rings (SSSR count). The van der Waals surface area contributed by atoms with Crippen LogP contribution in [-0.2, 0) is 6.54 Å². The molecule has 0 saturated heterocycles. The van der Waals surface area contributed by atoms with Gasteiger partial charge < -0.3 is 24.6 Å². The molecular weight excluding hydrogens is 445 g/mol. The fourth-order valence-electron chi connectivity index (χ4n) is 2.64. The molecule has 3 aromatic rings. The molecule has 0 radical (unpaired) electrons. The van der Waals surface area contributed by atoms with Crippen LogP contribution in [0.1, 0.15) is 30.1 Å². The van der Waals surface area contributed by atoms with Gasteiger partial charge in [0.2, 0.25) is 0 Å². The first-order chi connectivity index (χ1) is 12.2. The van der Waals surface area contributed by atoms with Gasteiger partial charge in [-0.15, -0.1) is 24.0 Å². The van der Waals surface area contributed by atoms with E-state index in [0.29, 0.717) is 24.8 Å². The Kier molecular flexibility index (Phi) is 7.52. The van der Waals surface area contributed by atoms with Crippen LogP contribution in [0.3, 0.4) is 0 Å². The van der Waals surface area contributed by atoms with Crippen LogP contribution in [0.2, 0.25) is 0 Å². The zero-order valence-corrected chi connectivity index (χ0v) is 17.2. The number of para-hydroxylation sites is 1. The number of guanidine groups is 1. The van der Waals surface area contributed by atoms with Crippen molar-refractivity contribution in [1.82, 2.24) is 10.6 Å². The van der Waals surface area contributed by atoms with Crippen molar-refractivity contribution in [2.45, 2.75) is 26.5 Å². The molecule has 2 heterocycles. The summed E-state index contributed by atoms with van der Waals surface area (Å²) >= 11 is 0. The summed E-state index contributed by atoms with van der Waals surface area (Å²) in [6.45, 7) is 5.48. The highest BCUT2D eigenvalue weighted by atomic mass is 127. The summed E-state index contributed by atoms with van der Waals surface area (Å²) in [7, 11) is 0. The summed E-state index contributed by atoms with van der Waals surface area (Å²) in [4.78, 5) is 4.55. The van der Waals surface area contributed by atoms with Gasteiger partial charge >= 0.3 is 0 Å². The van der Waals surface area contributed by atoms with Gasteiger partial charge in [-0.2, -0.15) is 0 Å². The highest BCUT2D eigenvalue weighted by Crippen LogP contribution is 2.25. The number of aryl methyl sites for hydroxylation is 1. The van der Waals surface area contributed by atoms with Crippen molar-refractivity contribution in [1.29, 1.82) is 0 Å². The number of rotatable bonds is 6. The second-order valence-corrected chi connectivity index (χ2v) is 5.75. The first-order valence-electron chi connectivity index (χ1n) is 8.39. The molecule has 0 spiro atoms. The lowest BCUT2D eigenvalue weighted by Crippen LogP contribution is -2.39. The first kappa shape index (κ1) is 20.3. The van der Waals surface area contributed by atoms with E-state index >= 15 is 0 Å². The molecule has 0 fully saturated rings. The van der Waals surface area contributed by atoms with Gasteiger partial charge in [-0.3, -0.25) is 0 Å². The van der Waals surface area contributed by atoms with Crippen LogP contribution in [0.5, 0.6) is 0 Å². The molecule has 0 bridgehead atoms. The molecular formula is C19H24IN3O3. The molecule has 7 heteroatoms. The van der Waals surface area contributed by atoms with Crippen LogP contribution in [0, 0.1) is 6.92 Å². The van der Waals surface area contributed by atoms with Gasteiger partial charge in [0, 0.05) is 17.5 Å². The molecule has 0 saturated carbocycles. The van der Waals surface area contributed by atoms with Crippen LogP contribution in [0.25, 0.3) is 11.0 Å². The van der Waals surface area contributed by atoms with E-state index in [0.717, 1.165) is 28.8 Å². The Bertz CT molecular complexity index is 843. The quantitative estimate of drug-likeness (QED) is 0.291. The van der Waals surface area contributed by atoms with Crippen LogP contribution in [-0.4, -0.2) is 24.2 Å². The zero-order valence-electron chi connectivity index (χ0n) is 14.9. The third-order valence-electron chi connectivity index (χ3n) is 4.00. The predicted octanol–water partition coefficient (Wildman–Crippen LogP) is 3.74. The summed E-state index contributed by atoms with van der Waals surface area (Å²) < 4.78 is 11.1. The monoisotopic (exact) mass is 469 g/mol. The largest absolute Gasteiger partial charge is 0.467 e. The predicted molar refractivity (Wildman–Crippen MR) is 113 cm³/mol. The van der Waals surface area contributed by atoms with Gasteiger partial charge in [-0.1, -0.05) is 18.2 Å². The van der Waals surface area contributed by atoms with Crippen molar-refractivity contribution in [3.05, 3.63) is 59.7 Å². The fourth-order valence-corrected chi connectivity index (χ4v) is 2.64. The topological polar surface area (TPSA) is 82.9 Å². The number of furan rings is 2. The van der Waals surface area contributed by atoms with Crippen molar-refractivity contribution in [2.24, 2.45) is 4.99 Å². The Morgan fingerprint density at radius 3 is 2.69 bits per heavy atom. The van der Waals surface area contributed by atoms with Gasteiger partial charge in [0.25, 0.3) is 0 Å². The maximum absolute atomic E-state index is 10.1. The normalized spacial score (nSPS) is 12.7. The van der Waals surface area contributed by atoms with Gasteiger partial charge in [-0.25, -0.2) is 4.99 Å². The summed E-state index contributed by atoms with van der Waals surface area (Å²) in [5.74, 6) is 1.98. The van der Waals surface area contributed by atoms with E-state index < -0.39 is 6.10 Å². The van der Waals surface area contributed by atoms with E-state index in [2.05, 4.69) is 15.6 Å². The van der Waals surface area contributed by atoms with Crippen molar-refractivity contribution >= 4 is 40.9 Å². The molecule has 0 aliphatic heterocycles. The molecule has 0 aliphatic carbocycles. The second-order valence-electron chi connectivity index (χ2n) is 5.75. The Morgan fingerprint density at radius 2 is 2.00 bits per heavy atom. The standard InChI is InChI=1S/C19H23N3O3.HI/c1-3-20-19(21-11-15(23)17-9-6-10-24-17)22-12-18-13(2)14-7-4-5-8-16(14)25-18;/h4-10,15,23H,3,11-12H2,1-2H3,(H2,20,21,22);1H. The smallest absolute Gasteiger partial charge is 0.191 e. The third-order valence-corrected chi connectivity index (χ3v) is 4.00. The Labute approximate surface area is 169 Å². The average molecular weight is 469 g/mol. The van der Waals surface area contributed by atoms with Gasteiger partial charge in [-0.05, 0) is 32.0 Å². The maximum atomic E-state index is 10.1. The lowest BCUT2D eigenvalue weighted by Gasteiger charge is -2.13.